The highest BCUT2D eigenvalue weighted by Gasteiger charge is 2.36. The summed E-state index contributed by atoms with van der Waals surface area (Å²) in [5.41, 5.74) is -0.291. The monoisotopic (exact) mass is 171 g/mol. The first-order valence-electron chi connectivity index (χ1n) is 4.27. The van der Waals surface area contributed by atoms with Gasteiger partial charge in [-0.2, -0.15) is 0 Å². The molecule has 0 aliphatic carbocycles. The van der Waals surface area contributed by atoms with Gasteiger partial charge in [-0.15, -0.1) is 0 Å². The van der Waals surface area contributed by atoms with Gasteiger partial charge in [0.2, 0.25) is 0 Å². The zero-order valence-corrected chi connectivity index (χ0v) is 8.89. The summed E-state index contributed by atoms with van der Waals surface area (Å²) in [7, 11) is 0. The maximum atomic E-state index is 10.1. The molecule has 71 valence electrons. The molecular formula is C10H19O2. The molecule has 0 rings (SSSR count). The van der Waals surface area contributed by atoms with Gasteiger partial charge in [-0.1, -0.05) is 27.7 Å². The maximum Gasteiger partial charge on any atom is 0.418 e. The fourth-order valence-electron chi connectivity index (χ4n) is 1.24. The molecule has 0 aromatic rings. The summed E-state index contributed by atoms with van der Waals surface area (Å²) in [6, 6.07) is 0. The van der Waals surface area contributed by atoms with E-state index in [4.69, 9.17) is 4.74 Å². The third kappa shape index (κ3) is 2.84. The Labute approximate surface area is 75.3 Å². The van der Waals surface area contributed by atoms with Crippen LogP contribution in [-0.4, -0.2) is 12.1 Å². The van der Waals surface area contributed by atoms with E-state index in [1.807, 2.05) is 13.8 Å². The third-order valence-electron chi connectivity index (χ3n) is 2.65. The molecule has 0 fully saturated rings. The van der Waals surface area contributed by atoms with Crippen molar-refractivity contribution in [1.29, 1.82) is 0 Å². The van der Waals surface area contributed by atoms with Gasteiger partial charge in [0.05, 0.1) is 0 Å². The van der Waals surface area contributed by atoms with Crippen LogP contribution >= 0.6 is 0 Å². The van der Waals surface area contributed by atoms with Crippen LogP contribution in [0.15, 0.2) is 0 Å². The number of hydrogen-bond acceptors (Lipinski definition) is 2. The van der Waals surface area contributed by atoms with E-state index in [2.05, 4.69) is 27.7 Å². The van der Waals surface area contributed by atoms with Crippen molar-refractivity contribution in [2.45, 2.75) is 47.1 Å². The van der Waals surface area contributed by atoms with E-state index in [-0.39, 0.29) is 5.41 Å². The van der Waals surface area contributed by atoms with Gasteiger partial charge in [-0.25, -0.2) is 4.79 Å². The van der Waals surface area contributed by atoms with E-state index in [9.17, 15) is 4.79 Å². The van der Waals surface area contributed by atoms with Gasteiger partial charge in [0, 0.05) is 5.92 Å². The van der Waals surface area contributed by atoms with Crippen LogP contribution in [-0.2, 0) is 9.53 Å². The van der Waals surface area contributed by atoms with Crippen molar-refractivity contribution in [3.05, 3.63) is 0 Å². The van der Waals surface area contributed by atoms with Crippen molar-refractivity contribution >= 4 is 6.47 Å². The van der Waals surface area contributed by atoms with Gasteiger partial charge in [0.1, 0.15) is 5.60 Å². The molecule has 0 bridgehead atoms. The predicted octanol–water partition coefficient (Wildman–Crippen LogP) is 2.53. The lowest BCUT2D eigenvalue weighted by Gasteiger charge is -2.38. The summed E-state index contributed by atoms with van der Waals surface area (Å²) in [4.78, 5) is 10.1. The van der Waals surface area contributed by atoms with Crippen LogP contribution in [0.1, 0.15) is 41.5 Å². The Balaban J connectivity index is 4.44. The van der Waals surface area contributed by atoms with Gasteiger partial charge < -0.3 is 4.74 Å². The van der Waals surface area contributed by atoms with E-state index in [0.29, 0.717) is 5.92 Å². The molecule has 0 saturated heterocycles. The molecule has 0 aromatic heterocycles. The van der Waals surface area contributed by atoms with Crippen molar-refractivity contribution in [1.82, 2.24) is 0 Å². The largest absolute Gasteiger partial charge is 0.451 e. The summed E-state index contributed by atoms with van der Waals surface area (Å²) in [6.07, 6.45) is 0. The number of ether oxygens (including phenoxy) is 1. The van der Waals surface area contributed by atoms with E-state index in [1.165, 1.54) is 6.47 Å². The lowest BCUT2D eigenvalue weighted by atomic mass is 9.73. The van der Waals surface area contributed by atoms with Crippen LogP contribution in [0.4, 0.5) is 0 Å². The van der Waals surface area contributed by atoms with Crippen molar-refractivity contribution in [2.24, 2.45) is 11.3 Å². The molecular weight excluding hydrogens is 152 g/mol. The molecule has 1 unspecified atom stereocenters. The summed E-state index contributed by atoms with van der Waals surface area (Å²) in [5.74, 6) is 0.298. The molecule has 0 spiro atoms. The summed E-state index contributed by atoms with van der Waals surface area (Å²) in [6.45, 7) is 13.8. The van der Waals surface area contributed by atoms with Crippen molar-refractivity contribution in [3.8, 4) is 0 Å². The molecule has 2 nitrogen and oxygen atoms in total. The standard InChI is InChI=1S/C10H19O2/c1-8(9(2,3)4)10(5,6)12-7-11/h8H,1-6H3. The van der Waals surface area contributed by atoms with E-state index < -0.39 is 5.60 Å². The van der Waals surface area contributed by atoms with Crippen LogP contribution in [0.2, 0.25) is 0 Å². The molecule has 0 aliphatic rings. The van der Waals surface area contributed by atoms with Crippen LogP contribution in [0.25, 0.3) is 0 Å². The molecule has 0 aromatic carbocycles. The zero-order chi connectivity index (χ0) is 9.99. The van der Waals surface area contributed by atoms with Crippen LogP contribution in [0.5, 0.6) is 0 Å². The number of carbonyl (C=O) groups excluding carboxylic acids is 1. The lowest BCUT2D eigenvalue weighted by molar-refractivity contribution is -0.0126. The molecule has 0 aliphatic heterocycles. The van der Waals surface area contributed by atoms with Gasteiger partial charge in [-0.05, 0) is 19.3 Å². The first kappa shape index (κ1) is 11.5. The van der Waals surface area contributed by atoms with Gasteiger partial charge >= 0.3 is 6.47 Å². The highest BCUT2D eigenvalue weighted by atomic mass is 16.5. The second kappa shape index (κ2) is 3.46. The highest BCUT2D eigenvalue weighted by Crippen LogP contribution is 2.35. The average Bonchev–Trinajstić information content (AvgIpc) is 1.84. The van der Waals surface area contributed by atoms with E-state index >= 15 is 0 Å². The molecule has 12 heavy (non-hydrogen) atoms. The minimum Gasteiger partial charge on any atom is -0.451 e. The van der Waals surface area contributed by atoms with Crippen molar-refractivity contribution < 1.29 is 9.53 Å². The molecule has 2 heteroatoms. The van der Waals surface area contributed by atoms with Gasteiger partial charge in [0.25, 0.3) is 0 Å². The van der Waals surface area contributed by atoms with Crippen LogP contribution in [0.3, 0.4) is 0 Å². The highest BCUT2D eigenvalue weighted by molar-refractivity contribution is 5.39. The van der Waals surface area contributed by atoms with Crippen LogP contribution < -0.4 is 0 Å². The maximum absolute atomic E-state index is 10.1. The Morgan fingerprint density at radius 3 is 1.83 bits per heavy atom. The van der Waals surface area contributed by atoms with Gasteiger partial charge in [0.15, 0.2) is 0 Å². The topological polar surface area (TPSA) is 26.3 Å². The molecule has 0 saturated carbocycles. The number of hydrogen-bond donors (Lipinski definition) is 0. The Bertz CT molecular complexity index is 154. The summed E-state index contributed by atoms with van der Waals surface area (Å²) < 4.78 is 4.91. The molecule has 0 heterocycles. The summed E-state index contributed by atoms with van der Waals surface area (Å²) in [5, 5.41) is 0. The smallest absolute Gasteiger partial charge is 0.418 e. The predicted molar refractivity (Wildman–Crippen MR) is 49.5 cm³/mol. The Morgan fingerprint density at radius 2 is 1.58 bits per heavy atom. The van der Waals surface area contributed by atoms with Crippen molar-refractivity contribution in [2.75, 3.05) is 0 Å². The normalized spacial score (nSPS) is 15.5. The molecule has 1 atom stereocenters. The molecule has 1 radical (unpaired) electrons. The second-order valence-electron chi connectivity index (χ2n) is 4.88. The summed E-state index contributed by atoms with van der Waals surface area (Å²) >= 11 is 0. The minimum absolute atomic E-state index is 0.139. The average molecular weight is 171 g/mol. The van der Waals surface area contributed by atoms with Crippen LogP contribution in [0, 0.1) is 11.3 Å². The van der Waals surface area contributed by atoms with E-state index in [1.54, 1.807) is 0 Å². The van der Waals surface area contributed by atoms with Crippen molar-refractivity contribution in [3.63, 3.8) is 0 Å². The zero-order valence-electron chi connectivity index (χ0n) is 8.89. The third-order valence-corrected chi connectivity index (χ3v) is 2.65. The lowest BCUT2D eigenvalue weighted by Crippen LogP contribution is -2.39. The number of rotatable bonds is 3. The SMILES string of the molecule is CC(C(C)(C)C)C(C)(C)O[C]=O. The Kier molecular flexibility index (Phi) is 3.31. The molecule has 0 amide bonds. The fourth-order valence-corrected chi connectivity index (χ4v) is 1.24. The quantitative estimate of drug-likeness (QED) is 0.652. The minimum atomic E-state index is -0.431. The Morgan fingerprint density at radius 1 is 1.17 bits per heavy atom. The fraction of sp³-hybridized carbons (Fsp3) is 0.900. The van der Waals surface area contributed by atoms with Gasteiger partial charge in [-0.3, -0.25) is 0 Å². The first-order chi connectivity index (χ1) is 5.22. The second-order valence-corrected chi connectivity index (χ2v) is 4.88. The Hall–Kier alpha value is -0.530. The first-order valence-corrected chi connectivity index (χ1v) is 4.27. The molecule has 0 N–H and O–H groups in total. The van der Waals surface area contributed by atoms with E-state index in [0.717, 1.165) is 0 Å².